The highest BCUT2D eigenvalue weighted by atomic mass is 16.5. The second-order valence-corrected chi connectivity index (χ2v) is 7.67. The number of nitrogens with zero attached hydrogens (tertiary/aromatic N) is 4. The Hall–Kier alpha value is -2.41. The Balaban J connectivity index is 1.33. The average molecular weight is 367 g/mol. The number of carbonyl (C=O) groups is 1. The molecule has 1 atom stereocenters. The number of hydrogen-bond donors (Lipinski definition) is 1. The molecule has 142 valence electrons. The summed E-state index contributed by atoms with van der Waals surface area (Å²) in [5.74, 6) is 0.886. The summed E-state index contributed by atoms with van der Waals surface area (Å²) in [6.45, 7) is 4.46. The van der Waals surface area contributed by atoms with Crippen molar-refractivity contribution in [3.8, 4) is 5.88 Å². The lowest BCUT2D eigenvalue weighted by Gasteiger charge is -2.38. The van der Waals surface area contributed by atoms with Gasteiger partial charge in [0.05, 0.1) is 16.9 Å². The molecule has 1 N–H and O–H groups in total. The minimum Gasteiger partial charge on any atom is -0.474 e. The van der Waals surface area contributed by atoms with Gasteiger partial charge in [-0.2, -0.15) is 0 Å². The largest absolute Gasteiger partial charge is 0.474 e. The number of piperazine rings is 1. The molecule has 5 rings (SSSR count). The van der Waals surface area contributed by atoms with Crippen molar-refractivity contribution >= 4 is 22.5 Å². The Morgan fingerprint density at radius 2 is 1.93 bits per heavy atom. The topological polar surface area (TPSA) is 70.6 Å². The third-order valence-electron chi connectivity index (χ3n) is 6.05. The van der Waals surface area contributed by atoms with E-state index in [1.54, 1.807) is 6.33 Å². The molecule has 1 amide bonds. The van der Waals surface area contributed by atoms with Gasteiger partial charge in [0, 0.05) is 38.4 Å². The third kappa shape index (κ3) is 3.20. The second-order valence-electron chi connectivity index (χ2n) is 7.67. The first-order chi connectivity index (χ1) is 13.3. The van der Waals surface area contributed by atoms with Crippen LogP contribution in [0.4, 0.5) is 5.69 Å². The molecular formula is C20H25N5O2. The molecule has 1 aliphatic carbocycles. The van der Waals surface area contributed by atoms with Gasteiger partial charge < -0.3 is 15.0 Å². The summed E-state index contributed by atoms with van der Waals surface area (Å²) in [4.78, 5) is 25.4. The van der Waals surface area contributed by atoms with Crippen LogP contribution in [0.25, 0.3) is 10.9 Å². The molecule has 3 heterocycles. The number of ether oxygens (including phenoxy) is 1. The number of benzene rings is 1. The molecule has 3 fully saturated rings. The monoisotopic (exact) mass is 367 g/mol. The molecule has 1 saturated carbocycles. The lowest BCUT2D eigenvalue weighted by atomic mass is 9.96. The number of fused-ring (bicyclic) bond motifs is 1. The minimum atomic E-state index is 0.0552. The van der Waals surface area contributed by atoms with Crippen molar-refractivity contribution in [1.82, 2.24) is 20.2 Å². The van der Waals surface area contributed by atoms with E-state index in [2.05, 4.69) is 43.3 Å². The van der Waals surface area contributed by atoms with Crippen LogP contribution in [0.15, 0.2) is 24.5 Å². The van der Waals surface area contributed by atoms with Crippen molar-refractivity contribution in [2.75, 3.05) is 37.6 Å². The summed E-state index contributed by atoms with van der Waals surface area (Å²) in [6, 6.07) is 6.39. The fourth-order valence-corrected chi connectivity index (χ4v) is 4.18. The number of nitrogens with one attached hydrogen (secondary N) is 1. The van der Waals surface area contributed by atoms with Crippen LogP contribution in [0.1, 0.15) is 25.7 Å². The number of anilines is 1. The molecule has 0 bridgehead atoms. The second kappa shape index (κ2) is 6.96. The van der Waals surface area contributed by atoms with Crippen LogP contribution >= 0.6 is 0 Å². The number of carbonyl (C=O) groups excluding carboxylic acids is 1. The van der Waals surface area contributed by atoms with Gasteiger partial charge >= 0.3 is 0 Å². The van der Waals surface area contributed by atoms with Crippen molar-refractivity contribution < 1.29 is 9.53 Å². The van der Waals surface area contributed by atoms with Crippen molar-refractivity contribution in [2.24, 2.45) is 0 Å². The highest BCUT2D eigenvalue weighted by Gasteiger charge is 2.32. The maximum absolute atomic E-state index is 11.9. The van der Waals surface area contributed by atoms with Crippen LogP contribution in [0, 0.1) is 0 Å². The van der Waals surface area contributed by atoms with Crippen LogP contribution in [0.3, 0.4) is 0 Å². The molecule has 2 aromatic rings. The lowest BCUT2D eigenvalue weighted by molar-refractivity contribution is -0.123. The molecule has 0 radical (unpaired) electrons. The average Bonchev–Trinajstić information content (AvgIpc) is 3.10. The number of rotatable bonds is 4. The van der Waals surface area contributed by atoms with E-state index in [9.17, 15) is 4.79 Å². The maximum atomic E-state index is 11.9. The predicted octanol–water partition coefficient (Wildman–Crippen LogP) is 1.57. The predicted molar refractivity (Wildman–Crippen MR) is 103 cm³/mol. The summed E-state index contributed by atoms with van der Waals surface area (Å²) in [5, 5.41) is 3.92. The number of amides is 1. The maximum Gasteiger partial charge on any atom is 0.237 e. The van der Waals surface area contributed by atoms with E-state index in [4.69, 9.17) is 4.74 Å². The Kier molecular flexibility index (Phi) is 4.32. The molecule has 7 nitrogen and oxygen atoms in total. The van der Waals surface area contributed by atoms with E-state index >= 15 is 0 Å². The van der Waals surface area contributed by atoms with Crippen LogP contribution in [0.5, 0.6) is 5.88 Å². The fraction of sp³-hybridized carbons (Fsp3) is 0.550. The van der Waals surface area contributed by atoms with Gasteiger partial charge in [0.25, 0.3) is 0 Å². The molecule has 1 aromatic heterocycles. The SMILES string of the molecule is O=C1NCCC1N1CCN(c2ccc3ncnc(OC4CCC4)c3c2)CC1. The Morgan fingerprint density at radius 3 is 2.63 bits per heavy atom. The molecule has 2 saturated heterocycles. The Labute approximate surface area is 158 Å². The first-order valence-corrected chi connectivity index (χ1v) is 9.96. The van der Waals surface area contributed by atoms with Gasteiger partial charge in [-0.3, -0.25) is 9.69 Å². The lowest BCUT2D eigenvalue weighted by Crippen LogP contribution is -2.52. The fourth-order valence-electron chi connectivity index (χ4n) is 4.18. The van der Waals surface area contributed by atoms with Crippen molar-refractivity contribution in [1.29, 1.82) is 0 Å². The van der Waals surface area contributed by atoms with Gasteiger partial charge in [-0.1, -0.05) is 0 Å². The van der Waals surface area contributed by atoms with Crippen LogP contribution < -0.4 is 15.0 Å². The van der Waals surface area contributed by atoms with Gasteiger partial charge in [0.1, 0.15) is 12.4 Å². The standard InChI is InChI=1S/C20H25N5O2/c26-19-18(6-7-21-19)25-10-8-24(9-11-25)14-4-5-17-16(12-14)20(23-13-22-17)27-15-2-1-3-15/h4-5,12-13,15,18H,1-3,6-11H2,(H,21,26). The summed E-state index contributed by atoms with van der Waals surface area (Å²) >= 11 is 0. The van der Waals surface area contributed by atoms with Gasteiger partial charge in [-0.05, 0) is 43.9 Å². The molecule has 7 heteroatoms. The molecular weight excluding hydrogens is 342 g/mol. The van der Waals surface area contributed by atoms with Gasteiger partial charge in [-0.25, -0.2) is 9.97 Å². The van der Waals surface area contributed by atoms with Crippen molar-refractivity contribution in [3.63, 3.8) is 0 Å². The zero-order valence-electron chi connectivity index (χ0n) is 15.4. The molecule has 3 aliphatic rings. The van der Waals surface area contributed by atoms with Crippen molar-refractivity contribution in [3.05, 3.63) is 24.5 Å². The van der Waals surface area contributed by atoms with E-state index in [0.29, 0.717) is 12.0 Å². The van der Waals surface area contributed by atoms with Crippen LogP contribution in [-0.4, -0.2) is 65.6 Å². The highest BCUT2D eigenvalue weighted by Crippen LogP contribution is 2.31. The summed E-state index contributed by atoms with van der Waals surface area (Å²) in [6.07, 6.45) is 6.27. The van der Waals surface area contributed by atoms with Gasteiger partial charge in [-0.15, -0.1) is 0 Å². The van der Waals surface area contributed by atoms with Crippen LogP contribution in [-0.2, 0) is 4.79 Å². The van der Waals surface area contributed by atoms with E-state index < -0.39 is 0 Å². The van der Waals surface area contributed by atoms with Gasteiger partial charge in [0.15, 0.2) is 0 Å². The van der Waals surface area contributed by atoms with Crippen molar-refractivity contribution in [2.45, 2.75) is 37.8 Å². The summed E-state index contributed by atoms with van der Waals surface area (Å²) in [7, 11) is 0. The van der Waals surface area contributed by atoms with E-state index in [1.165, 1.54) is 12.1 Å². The number of aromatic nitrogens is 2. The Morgan fingerprint density at radius 1 is 1.07 bits per heavy atom. The molecule has 0 spiro atoms. The first kappa shape index (κ1) is 16.7. The molecule has 1 aromatic carbocycles. The van der Waals surface area contributed by atoms with E-state index in [0.717, 1.165) is 62.9 Å². The van der Waals surface area contributed by atoms with E-state index in [1.807, 2.05) is 0 Å². The van der Waals surface area contributed by atoms with Crippen LogP contribution in [0.2, 0.25) is 0 Å². The third-order valence-corrected chi connectivity index (χ3v) is 6.05. The minimum absolute atomic E-state index is 0.0552. The van der Waals surface area contributed by atoms with E-state index in [-0.39, 0.29) is 11.9 Å². The van der Waals surface area contributed by atoms with Gasteiger partial charge in [0.2, 0.25) is 11.8 Å². The quantitative estimate of drug-likeness (QED) is 0.885. The number of hydrogen-bond acceptors (Lipinski definition) is 6. The Bertz CT molecular complexity index is 845. The highest BCUT2D eigenvalue weighted by molar-refractivity contribution is 5.87. The molecule has 27 heavy (non-hydrogen) atoms. The summed E-state index contributed by atoms with van der Waals surface area (Å²) < 4.78 is 6.08. The zero-order valence-corrected chi connectivity index (χ0v) is 15.4. The smallest absolute Gasteiger partial charge is 0.237 e. The summed E-state index contributed by atoms with van der Waals surface area (Å²) in [5.41, 5.74) is 2.09. The molecule has 2 aliphatic heterocycles. The zero-order chi connectivity index (χ0) is 18.2. The molecule has 1 unspecified atom stereocenters. The normalized spacial score (nSPS) is 24.1. The first-order valence-electron chi connectivity index (χ1n) is 9.96.